The quantitative estimate of drug-likeness (QED) is 0.832. The number of ether oxygens (including phenoxy) is 1. The Labute approximate surface area is 133 Å². The second-order valence-electron chi connectivity index (χ2n) is 4.65. The smallest absolute Gasteiger partial charge is 0.119 e. The van der Waals surface area contributed by atoms with Gasteiger partial charge in [-0.2, -0.15) is 0 Å². The van der Waals surface area contributed by atoms with Crippen molar-refractivity contribution in [1.29, 1.82) is 0 Å². The first-order chi connectivity index (χ1) is 9.65. The minimum absolute atomic E-state index is 0.0466. The standard InChI is InChI=1S/C16H17BrClNO/c17-13-5-7-15(8-6-13)20-10-9-14(19)11-12-3-1-2-4-16(12)18/h1-8,14H,9-11,19H2. The van der Waals surface area contributed by atoms with Crippen molar-refractivity contribution in [3.63, 3.8) is 0 Å². The maximum Gasteiger partial charge on any atom is 0.119 e. The van der Waals surface area contributed by atoms with E-state index in [1.165, 1.54) is 0 Å². The lowest BCUT2D eigenvalue weighted by Crippen LogP contribution is -2.25. The van der Waals surface area contributed by atoms with Gasteiger partial charge in [-0.25, -0.2) is 0 Å². The van der Waals surface area contributed by atoms with E-state index in [0.717, 1.165) is 33.6 Å². The Morgan fingerprint density at radius 2 is 1.80 bits per heavy atom. The Balaban J connectivity index is 1.76. The highest BCUT2D eigenvalue weighted by Gasteiger charge is 2.07. The third-order valence-corrected chi connectivity index (χ3v) is 3.91. The fraction of sp³-hybridized carbons (Fsp3) is 0.250. The Hall–Kier alpha value is -1.03. The summed E-state index contributed by atoms with van der Waals surface area (Å²) < 4.78 is 6.71. The van der Waals surface area contributed by atoms with Crippen LogP contribution in [0.5, 0.6) is 5.75 Å². The Morgan fingerprint density at radius 3 is 2.50 bits per heavy atom. The first kappa shape index (κ1) is 15.4. The minimum Gasteiger partial charge on any atom is -0.494 e. The Kier molecular flexibility index (Phi) is 5.89. The van der Waals surface area contributed by atoms with Crippen LogP contribution in [-0.4, -0.2) is 12.6 Å². The zero-order valence-electron chi connectivity index (χ0n) is 11.1. The monoisotopic (exact) mass is 353 g/mol. The molecule has 1 unspecified atom stereocenters. The van der Waals surface area contributed by atoms with Gasteiger partial charge in [-0.1, -0.05) is 45.7 Å². The van der Waals surface area contributed by atoms with E-state index in [0.29, 0.717) is 6.61 Å². The number of hydrogen-bond acceptors (Lipinski definition) is 2. The van der Waals surface area contributed by atoms with Crippen LogP contribution in [0.2, 0.25) is 5.02 Å². The van der Waals surface area contributed by atoms with Crippen LogP contribution in [0.25, 0.3) is 0 Å². The molecular weight excluding hydrogens is 338 g/mol. The maximum atomic E-state index is 6.12. The molecule has 0 aliphatic carbocycles. The van der Waals surface area contributed by atoms with Crippen LogP contribution in [0.3, 0.4) is 0 Å². The molecule has 0 fully saturated rings. The highest BCUT2D eigenvalue weighted by molar-refractivity contribution is 9.10. The fourth-order valence-electron chi connectivity index (χ4n) is 1.91. The predicted octanol–water partition coefficient (Wildman–Crippen LogP) is 4.44. The van der Waals surface area contributed by atoms with Crippen molar-refractivity contribution in [2.24, 2.45) is 5.73 Å². The lowest BCUT2D eigenvalue weighted by molar-refractivity contribution is 0.297. The van der Waals surface area contributed by atoms with Crippen LogP contribution >= 0.6 is 27.5 Å². The summed E-state index contributed by atoms with van der Waals surface area (Å²) >= 11 is 9.51. The highest BCUT2D eigenvalue weighted by Crippen LogP contribution is 2.18. The molecule has 2 aromatic rings. The summed E-state index contributed by atoms with van der Waals surface area (Å²) in [6.07, 6.45) is 1.56. The van der Waals surface area contributed by atoms with Crippen LogP contribution < -0.4 is 10.5 Å². The van der Waals surface area contributed by atoms with Gasteiger partial charge >= 0.3 is 0 Å². The van der Waals surface area contributed by atoms with E-state index in [1.807, 2.05) is 48.5 Å². The lowest BCUT2D eigenvalue weighted by atomic mass is 10.0. The largest absolute Gasteiger partial charge is 0.494 e. The van der Waals surface area contributed by atoms with Gasteiger partial charge in [0.05, 0.1) is 6.61 Å². The van der Waals surface area contributed by atoms with Crippen LogP contribution in [0.4, 0.5) is 0 Å². The van der Waals surface area contributed by atoms with Crippen molar-refractivity contribution in [1.82, 2.24) is 0 Å². The molecular formula is C16H17BrClNO. The van der Waals surface area contributed by atoms with Gasteiger partial charge in [0.1, 0.15) is 5.75 Å². The molecule has 0 heterocycles. The van der Waals surface area contributed by atoms with Crippen molar-refractivity contribution < 1.29 is 4.74 Å². The summed E-state index contributed by atoms with van der Waals surface area (Å²) in [6.45, 7) is 0.604. The van der Waals surface area contributed by atoms with Crippen LogP contribution in [0.15, 0.2) is 53.0 Å². The van der Waals surface area contributed by atoms with Gasteiger partial charge in [0.25, 0.3) is 0 Å². The third kappa shape index (κ3) is 4.82. The molecule has 0 saturated heterocycles. The molecule has 0 aliphatic rings. The predicted molar refractivity (Wildman–Crippen MR) is 87.4 cm³/mol. The number of nitrogens with two attached hydrogens (primary N) is 1. The molecule has 2 rings (SSSR count). The summed E-state index contributed by atoms with van der Waals surface area (Å²) in [7, 11) is 0. The van der Waals surface area contributed by atoms with E-state index in [9.17, 15) is 0 Å². The molecule has 106 valence electrons. The first-order valence-corrected chi connectivity index (χ1v) is 7.69. The van der Waals surface area contributed by atoms with Gasteiger partial charge in [-0.05, 0) is 48.7 Å². The van der Waals surface area contributed by atoms with Gasteiger partial charge in [-0.15, -0.1) is 0 Å². The van der Waals surface area contributed by atoms with Gasteiger partial charge in [0.15, 0.2) is 0 Å². The molecule has 0 amide bonds. The zero-order valence-corrected chi connectivity index (χ0v) is 13.4. The summed E-state index contributed by atoms with van der Waals surface area (Å²) in [5.74, 6) is 0.859. The van der Waals surface area contributed by atoms with E-state index >= 15 is 0 Å². The second-order valence-corrected chi connectivity index (χ2v) is 5.97. The Morgan fingerprint density at radius 1 is 1.10 bits per heavy atom. The summed E-state index contributed by atoms with van der Waals surface area (Å²) in [6, 6.07) is 15.6. The van der Waals surface area contributed by atoms with Crippen LogP contribution in [-0.2, 0) is 6.42 Å². The van der Waals surface area contributed by atoms with Gasteiger partial charge in [-0.3, -0.25) is 0 Å². The average Bonchev–Trinajstić information content (AvgIpc) is 2.44. The Bertz CT molecular complexity index is 544. The number of hydrogen-bond donors (Lipinski definition) is 1. The number of benzene rings is 2. The van der Waals surface area contributed by atoms with Crippen molar-refractivity contribution in [2.75, 3.05) is 6.61 Å². The summed E-state index contributed by atoms with van der Waals surface area (Å²) in [5.41, 5.74) is 7.20. The molecule has 0 aliphatic heterocycles. The molecule has 0 saturated carbocycles. The number of halogens is 2. The van der Waals surface area contributed by atoms with E-state index in [2.05, 4.69) is 15.9 Å². The molecule has 4 heteroatoms. The van der Waals surface area contributed by atoms with Gasteiger partial charge in [0.2, 0.25) is 0 Å². The minimum atomic E-state index is 0.0466. The van der Waals surface area contributed by atoms with E-state index in [1.54, 1.807) is 0 Å². The van der Waals surface area contributed by atoms with Crippen LogP contribution in [0.1, 0.15) is 12.0 Å². The lowest BCUT2D eigenvalue weighted by Gasteiger charge is -2.13. The number of rotatable bonds is 6. The second kappa shape index (κ2) is 7.67. The van der Waals surface area contributed by atoms with Gasteiger partial charge in [0, 0.05) is 15.5 Å². The molecule has 0 aromatic heterocycles. The van der Waals surface area contributed by atoms with Crippen molar-refractivity contribution >= 4 is 27.5 Å². The van der Waals surface area contributed by atoms with Crippen molar-refractivity contribution in [3.8, 4) is 5.75 Å². The molecule has 20 heavy (non-hydrogen) atoms. The molecule has 2 aromatic carbocycles. The molecule has 0 spiro atoms. The maximum absolute atomic E-state index is 6.12. The molecule has 0 bridgehead atoms. The summed E-state index contributed by atoms with van der Waals surface area (Å²) in [5, 5.41) is 0.775. The summed E-state index contributed by atoms with van der Waals surface area (Å²) in [4.78, 5) is 0. The topological polar surface area (TPSA) is 35.2 Å². The SMILES string of the molecule is NC(CCOc1ccc(Br)cc1)Cc1ccccc1Cl. The van der Waals surface area contributed by atoms with E-state index < -0.39 is 0 Å². The highest BCUT2D eigenvalue weighted by atomic mass is 79.9. The van der Waals surface area contributed by atoms with Crippen molar-refractivity contribution in [2.45, 2.75) is 18.9 Å². The molecule has 2 N–H and O–H groups in total. The molecule has 2 nitrogen and oxygen atoms in total. The molecule has 0 radical (unpaired) electrons. The first-order valence-electron chi connectivity index (χ1n) is 6.52. The van der Waals surface area contributed by atoms with Gasteiger partial charge < -0.3 is 10.5 Å². The third-order valence-electron chi connectivity index (χ3n) is 3.01. The zero-order chi connectivity index (χ0) is 14.4. The van der Waals surface area contributed by atoms with E-state index in [4.69, 9.17) is 22.1 Å². The van der Waals surface area contributed by atoms with E-state index in [-0.39, 0.29) is 6.04 Å². The van der Waals surface area contributed by atoms with Crippen molar-refractivity contribution in [3.05, 3.63) is 63.6 Å². The molecule has 1 atom stereocenters. The fourth-order valence-corrected chi connectivity index (χ4v) is 2.38. The van der Waals surface area contributed by atoms with Crippen LogP contribution in [0, 0.1) is 0 Å². The average molecular weight is 355 g/mol. The normalized spacial score (nSPS) is 12.2.